The fourth-order valence-electron chi connectivity index (χ4n) is 1.45. The first-order valence-corrected chi connectivity index (χ1v) is 5.07. The summed E-state index contributed by atoms with van der Waals surface area (Å²) in [4.78, 5) is 29.3. The summed E-state index contributed by atoms with van der Waals surface area (Å²) in [6, 6.07) is 6.35. The molecular formula is C11H11N3O4. The first kappa shape index (κ1) is 11.9. The summed E-state index contributed by atoms with van der Waals surface area (Å²) < 4.78 is 10.6. The molecule has 1 N–H and O–H groups in total. The molecule has 7 nitrogen and oxygen atoms in total. The Hall–Kier alpha value is -2.57. The number of nitrogens with one attached hydrogen (secondary N) is 1. The van der Waals surface area contributed by atoms with E-state index in [0.29, 0.717) is 11.4 Å². The third-order valence-electron chi connectivity index (χ3n) is 2.33. The number of rotatable bonds is 3. The highest BCUT2D eigenvalue weighted by Crippen LogP contribution is 2.12. The average molecular weight is 249 g/mol. The molecule has 0 bridgehead atoms. The highest BCUT2D eigenvalue weighted by molar-refractivity contribution is 5.36. The van der Waals surface area contributed by atoms with E-state index in [1.807, 2.05) is 0 Å². The Balaban J connectivity index is 2.57. The standard InChI is InChI=1S/C11H11N3O4/c1-17-8-5-3-7(4-6-8)14-10(15)12-9(18-2)13-11(14)16/h3-6H,1-2H3,(H,12,13,15,16). The van der Waals surface area contributed by atoms with Gasteiger partial charge in [0.1, 0.15) is 5.75 Å². The van der Waals surface area contributed by atoms with Crippen LogP contribution < -0.4 is 20.9 Å². The lowest BCUT2D eigenvalue weighted by atomic mass is 10.3. The van der Waals surface area contributed by atoms with Crippen LogP contribution in [0.2, 0.25) is 0 Å². The van der Waals surface area contributed by atoms with Crippen LogP contribution >= 0.6 is 0 Å². The third kappa shape index (κ3) is 2.10. The minimum absolute atomic E-state index is 0.116. The summed E-state index contributed by atoms with van der Waals surface area (Å²) in [7, 11) is 2.85. The number of methoxy groups -OCH3 is 2. The summed E-state index contributed by atoms with van der Waals surface area (Å²) in [5.74, 6) is 0.629. The number of nitrogens with zero attached hydrogens (tertiary/aromatic N) is 2. The quantitative estimate of drug-likeness (QED) is 0.823. The maximum absolute atomic E-state index is 11.7. The average Bonchev–Trinajstić information content (AvgIpc) is 2.38. The zero-order chi connectivity index (χ0) is 13.1. The van der Waals surface area contributed by atoms with Gasteiger partial charge in [-0.3, -0.25) is 4.98 Å². The molecule has 0 saturated carbocycles. The van der Waals surface area contributed by atoms with Crippen LogP contribution in [0.5, 0.6) is 11.8 Å². The van der Waals surface area contributed by atoms with E-state index in [1.165, 1.54) is 14.2 Å². The van der Waals surface area contributed by atoms with Crippen molar-refractivity contribution >= 4 is 0 Å². The molecular weight excluding hydrogens is 238 g/mol. The van der Waals surface area contributed by atoms with Gasteiger partial charge in [-0.2, -0.15) is 0 Å². The molecule has 7 heteroatoms. The number of H-pyrrole nitrogens is 1. The Morgan fingerprint density at radius 1 is 1.11 bits per heavy atom. The lowest BCUT2D eigenvalue weighted by Gasteiger charge is -2.05. The van der Waals surface area contributed by atoms with Crippen LogP contribution in [0.15, 0.2) is 33.9 Å². The van der Waals surface area contributed by atoms with Crippen LogP contribution in [0.3, 0.4) is 0 Å². The minimum atomic E-state index is -0.708. The van der Waals surface area contributed by atoms with E-state index in [1.54, 1.807) is 24.3 Å². The molecule has 0 unspecified atom stereocenters. The Morgan fingerprint density at radius 3 is 2.28 bits per heavy atom. The summed E-state index contributed by atoms with van der Waals surface area (Å²) in [6.45, 7) is 0. The van der Waals surface area contributed by atoms with E-state index in [9.17, 15) is 9.59 Å². The van der Waals surface area contributed by atoms with Crippen molar-refractivity contribution in [2.75, 3.05) is 14.2 Å². The lowest BCUT2D eigenvalue weighted by molar-refractivity contribution is 0.371. The van der Waals surface area contributed by atoms with Crippen LogP contribution in [-0.2, 0) is 0 Å². The smallest absolute Gasteiger partial charge is 0.360 e. The van der Waals surface area contributed by atoms with E-state index in [-0.39, 0.29) is 6.01 Å². The SMILES string of the molecule is COc1ccc(-n2c(=O)nc(OC)[nH]c2=O)cc1. The number of hydrogen-bond donors (Lipinski definition) is 1. The molecule has 0 spiro atoms. The lowest BCUT2D eigenvalue weighted by Crippen LogP contribution is -2.35. The fraction of sp³-hybridized carbons (Fsp3) is 0.182. The van der Waals surface area contributed by atoms with Crippen molar-refractivity contribution in [3.8, 4) is 17.4 Å². The summed E-state index contributed by atoms with van der Waals surface area (Å²) >= 11 is 0. The predicted molar refractivity (Wildman–Crippen MR) is 63.6 cm³/mol. The monoisotopic (exact) mass is 249 g/mol. The Bertz CT molecular complexity index is 626. The largest absolute Gasteiger partial charge is 0.497 e. The van der Waals surface area contributed by atoms with E-state index in [4.69, 9.17) is 9.47 Å². The van der Waals surface area contributed by atoms with E-state index in [2.05, 4.69) is 9.97 Å². The van der Waals surface area contributed by atoms with Crippen molar-refractivity contribution in [2.24, 2.45) is 0 Å². The second-order valence-corrected chi connectivity index (χ2v) is 3.37. The van der Waals surface area contributed by atoms with Gasteiger partial charge in [0.05, 0.1) is 19.9 Å². The van der Waals surface area contributed by atoms with Gasteiger partial charge in [-0.1, -0.05) is 0 Å². The van der Waals surface area contributed by atoms with Crippen LogP contribution in [-0.4, -0.2) is 28.8 Å². The van der Waals surface area contributed by atoms with Crippen molar-refractivity contribution in [1.82, 2.24) is 14.5 Å². The van der Waals surface area contributed by atoms with Crippen LogP contribution in [0.4, 0.5) is 0 Å². The van der Waals surface area contributed by atoms with Gasteiger partial charge in [-0.25, -0.2) is 14.2 Å². The first-order chi connectivity index (χ1) is 8.65. The summed E-state index contributed by atoms with van der Waals surface area (Å²) in [5.41, 5.74) is -0.921. The second-order valence-electron chi connectivity index (χ2n) is 3.37. The molecule has 0 aliphatic heterocycles. The Morgan fingerprint density at radius 2 is 1.78 bits per heavy atom. The summed E-state index contributed by atoms with van der Waals surface area (Å²) in [6.07, 6.45) is 0. The maximum Gasteiger partial charge on any atom is 0.360 e. The molecule has 0 amide bonds. The van der Waals surface area contributed by atoms with E-state index < -0.39 is 11.4 Å². The molecule has 0 atom stereocenters. The molecule has 0 saturated heterocycles. The highest BCUT2D eigenvalue weighted by atomic mass is 16.5. The molecule has 1 aromatic carbocycles. The molecule has 18 heavy (non-hydrogen) atoms. The van der Waals surface area contributed by atoms with Gasteiger partial charge in [0, 0.05) is 0 Å². The second kappa shape index (κ2) is 4.74. The van der Waals surface area contributed by atoms with Crippen molar-refractivity contribution < 1.29 is 9.47 Å². The molecule has 1 aromatic heterocycles. The van der Waals surface area contributed by atoms with Gasteiger partial charge in [0.25, 0.3) is 0 Å². The first-order valence-electron chi connectivity index (χ1n) is 5.07. The van der Waals surface area contributed by atoms with E-state index in [0.717, 1.165) is 4.57 Å². The zero-order valence-corrected chi connectivity index (χ0v) is 9.84. The topological polar surface area (TPSA) is 86.2 Å². The van der Waals surface area contributed by atoms with E-state index >= 15 is 0 Å². The Labute approximate surface area is 102 Å². The molecule has 2 rings (SSSR count). The van der Waals surface area contributed by atoms with Crippen molar-refractivity contribution in [3.05, 3.63) is 45.2 Å². The molecule has 0 radical (unpaired) electrons. The Kier molecular flexibility index (Phi) is 3.13. The number of aromatic amines is 1. The van der Waals surface area contributed by atoms with Gasteiger partial charge in [0.15, 0.2) is 0 Å². The van der Waals surface area contributed by atoms with Crippen LogP contribution in [0.25, 0.3) is 5.69 Å². The van der Waals surface area contributed by atoms with Gasteiger partial charge in [0.2, 0.25) is 0 Å². The molecule has 94 valence electrons. The van der Waals surface area contributed by atoms with Gasteiger partial charge < -0.3 is 9.47 Å². The number of benzene rings is 1. The maximum atomic E-state index is 11.7. The summed E-state index contributed by atoms with van der Waals surface area (Å²) in [5, 5.41) is 0. The van der Waals surface area contributed by atoms with Gasteiger partial charge >= 0.3 is 17.4 Å². The normalized spacial score (nSPS) is 10.1. The van der Waals surface area contributed by atoms with Crippen LogP contribution in [0.1, 0.15) is 0 Å². The molecule has 2 aromatic rings. The zero-order valence-electron chi connectivity index (χ0n) is 9.84. The minimum Gasteiger partial charge on any atom is -0.497 e. The van der Waals surface area contributed by atoms with Gasteiger partial charge in [-0.15, -0.1) is 4.98 Å². The molecule has 0 aliphatic rings. The highest BCUT2D eigenvalue weighted by Gasteiger charge is 2.08. The predicted octanol–water partition coefficient (Wildman–Crippen LogP) is -0.0620. The van der Waals surface area contributed by atoms with Crippen molar-refractivity contribution in [3.63, 3.8) is 0 Å². The fourth-order valence-corrected chi connectivity index (χ4v) is 1.45. The molecule has 1 heterocycles. The van der Waals surface area contributed by atoms with Crippen LogP contribution in [0, 0.1) is 0 Å². The number of aromatic nitrogens is 3. The van der Waals surface area contributed by atoms with Crippen molar-refractivity contribution in [2.45, 2.75) is 0 Å². The molecule has 0 fully saturated rings. The third-order valence-corrected chi connectivity index (χ3v) is 2.33. The number of hydrogen-bond acceptors (Lipinski definition) is 5. The molecule has 0 aliphatic carbocycles. The van der Waals surface area contributed by atoms with Crippen molar-refractivity contribution in [1.29, 1.82) is 0 Å². The number of ether oxygens (including phenoxy) is 2. The van der Waals surface area contributed by atoms with Gasteiger partial charge in [-0.05, 0) is 24.3 Å².